The van der Waals surface area contributed by atoms with Crippen LogP contribution in [0.25, 0.3) is 0 Å². The molecule has 26 heavy (non-hydrogen) atoms. The van der Waals surface area contributed by atoms with E-state index in [-0.39, 0.29) is 15.8 Å². The molecule has 136 valence electrons. The molecule has 11 heteroatoms. The molecule has 0 radical (unpaired) electrons. The molecule has 0 saturated carbocycles. The quantitative estimate of drug-likeness (QED) is 0.402. The molecule has 0 aliphatic carbocycles. The van der Waals surface area contributed by atoms with E-state index in [2.05, 4.69) is 10.5 Å². The van der Waals surface area contributed by atoms with Crippen LogP contribution in [0.5, 0.6) is 5.75 Å². The van der Waals surface area contributed by atoms with Gasteiger partial charge >= 0.3 is 5.69 Å². The molecule has 2 aromatic carbocycles. The number of nitrogens with zero attached hydrogens (tertiary/aromatic N) is 2. The van der Waals surface area contributed by atoms with Crippen LogP contribution in [-0.2, 0) is 4.79 Å². The summed E-state index contributed by atoms with van der Waals surface area (Å²) in [6, 6.07) is 7.09. The number of carbonyl (C=O) groups is 1. The number of hydrazone groups is 1. The van der Waals surface area contributed by atoms with Crippen molar-refractivity contribution in [1.82, 2.24) is 5.43 Å². The van der Waals surface area contributed by atoms with Crippen molar-refractivity contribution < 1.29 is 14.5 Å². The van der Waals surface area contributed by atoms with Gasteiger partial charge in [-0.15, -0.1) is 0 Å². The Morgan fingerprint density at radius 3 is 2.50 bits per heavy atom. The standard InChI is InChI=1S/C15H9Cl4N3O4/c16-9-2-1-8(11(18)3-9)6-20-21-14(23)7-26-15-12(19)4-10(17)5-13(15)22(24)25/h1-6H,7H2,(H,21,23)/b20-6-. The van der Waals surface area contributed by atoms with Gasteiger partial charge in [0.25, 0.3) is 5.91 Å². The number of halogens is 4. The Kier molecular flexibility index (Phi) is 7.05. The van der Waals surface area contributed by atoms with Crippen molar-refractivity contribution in [3.8, 4) is 5.75 Å². The van der Waals surface area contributed by atoms with Crippen LogP contribution >= 0.6 is 46.4 Å². The summed E-state index contributed by atoms with van der Waals surface area (Å²) in [7, 11) is 0. The molecule has 2 rings (SSSR count). The summed E-state index contributed by atoms with van der Waals surface area (Å²) in [5.74, 6) is -0.924. The van der Waals surface area contributed by atoms with Crippen LogP contribution in [-0.4, -0.2) is 23.7 Å². The second-order valence-corrected chi connectivity index (χ2v) is 6.43. The fourth-order valence-corrected chi connectivity index (χ4v) is 2.77. The Bertz CT molecular complexity index is 889. The molecule has 0 aliphatic heterocycles. The van der Waals surface area contributed by atoms with E-state index in [0.29, 0.717) is 15.6 Å². The van der Waals surface area contributed by atoms with E-state index in [1.54, 1.807) is 12.1 Å². The summed E-state index contributed by atoms with van der Waals surface area (Å²) in [5.41, 5.74) is 2.28. The van der Waals surface area contributed by atoms with E-state index < -0.39 is 23.1 Å². The number of nitrogens with one attached hydrogen (secondary N) is 1. The lowest BCUT2D eigenvalue weighted by molar-refractivity contribution is -0.385. The van der Waals surface area contributed by atoms with Crippen molar-refractivity contribution in [3.05, 3.63) is 66.1 Å². The highest BCUT2D eigenvalue weighted by molar-refractivity contribution is 6.36. The number of benzene rings is 2. The maximum Gasteiger partial charge on any atom is 0.314 e. The van der Waals surface area contributed by atoms with E-state index in [4.69, 9.17) is 51.1 Å². The number of rotatable bonds is 6. The van der Waals surface area contributed by atoms with E-state index in [0.717, 1.165) is 6.07 Å². The number of nitro groups is 1. The van der Waals surface area contributed by atoms with Gasteiger partial charge in [-0.2, -0.15) is 5.10 Å². The van der Waals surface area contributed by atoms with Crippen LogP contribution in [0.1, 0.15) is 5.56 Å². The lowest BCUT2D eigenvalue weighted by Crippen LogP contribution is -2.24. The molecule has 0 heterocycles. The zero-order chi connectivity index (χ0) is 19.3. The van der Waals surface area contributed by atoms with Gasteiger partial charge in [0.2, 0.25) is 5.75 Å². The third-order valence-corrected chi connectivity index (χ3v) is 3.95. The molecule has 2 aromatic rings. The second kappa shape index (κ2) is 9.05. The predicted octanol–water partition coefficient (Wildman–Crippen LogP) is 4.74. The van der Waals surface area contributed by atoms with Crippen molar-refractivity contribution in [3.63, 3.8) is 0 Å². The van der Waals surface area contributed by atoms with Crippen LogP contribution in [0.4, 0.5) is 5.69 Å². The van der Waals surface area contributed by atoms with Gasteiger partial charge in [-0.3, -0.25) is 14.9 Å². The zero-order valence-corrected chi connectivity index (χ0v) is 15.7. The Morgan fingerprint density at radius 2 is 1.85 bits per heavy atom. The van der Waals surface area contributed by atoms with Gasteiger partial charge in [-0.1, -0.05) is 52.5 Å². The molecular formula is C15H9Cl4N3O4. The summed E-state index contributed by atoms with van der Waals surface area (Å²) >= 11 is 23.3. The topological polar surface area (TPSA) is 93.8 Å². The molecule has 0 aromatic heterocycles. The highest BCUT2D eigenvalue weighted by Gasteiger charge is 2.21. The number of ether oxygens (including phenoxy) is 1. The van der Waals surface area contributed by atoms with Crippen LogP contribution < -0.4 is 10.2 Å². The second-order valence-electron chi connectivity index (χ2n) is 4.74. The average Bonchev–Trinajstić information content (AvgIpc) is 2.55. The van der Waals surface area contributed by atoms with Gasteiger partial charge in [0.05, 0.1) is 21.2 Å². The molecular weight excluding hydrogens is 428 g/mol. The SMILES string of the molecule is O=C(COc1c(Cl)cc(Cl)cc1[N+](=O)[O-])N/N=C\c1ccc(Cl)cc1Cl. The molecule has 0 atom stereocenters. The summed E-state index contributed by atoms with van der Waals surface area (Å²) in [6.07, 6.45) is 1.31. The van der Waals surface area contributed by atoms with Gasteiger partial charge < -0.3 is 4.74 Å². The number of hydrogen-bond donors (Lipinski definition) is 1. The average molecular weight is 437 g/mol. The third-order valence-electron chi connectivity index (χ3n) is 2.89. The molecule has 0 aliphatic rings. The minimum Gasteiger partial charge on any atom is -0.476 e. The first-order valence-corrected chi connectivity index (χ1v) is 8.32. The zero-order valence-electron chi connectivity index (χ0n) is 12.7. The van der Waals surface area contributed by atoms with E-state index in [9.17, 15) is 14.9 Å². The van der Waals surface area contributed by atoms with Gasteiger partial charge in [-0.25, -0.2) is 5.43 Å². The highest BCUT2D eigenvalue weighted by Crippen LogP contribution is 2.37. The number of hydrogen-bond acceptors (Lipinski definition) is 5. The van der Waals surface area contributed by atoms with Crippen molar-refractivity contribution >= 4 is 64.2 Å². The molecule has 0 fully saturated rings. The number of amides is 1. The molecule has 0 bridgehead atoms. The smallest absolute Gasteiger partial charge is 0.314 e. The summed E-state index contributed by atoms with van der Waals surface area (Å²) in [5, 5.41) is 15.5. The minimum atomic E-state index is -0.717. The Hall–Kier alpha value is -2.06. The predicted molar refractivity (Wildman–Crippen MR) is 101 cm³/mol. The van der Waals surface area contributed by atoms with Gasteiger partial charge in [-0.05, 0) is 18.2 Å². The largest absolute Gasteiger partial charge is 0.476 e. The fraction of sp³-hybridized carbons (Fsp3) is 0.0667. The summed E-state index contributed by atoms with van der Waals surface area (Å²) in [4.78, 5) is 22.1. The van der Waals surface area contributed by atoms with Gasteiger partial charge in [0.1, 0.15) is 0 Å². The lowest BCUT2D eigenvalue weighted by Gasteiger charge is -2.08. The minimum absolute atomic E-state index is 0.0722. The molecule has 1 N–H and O–H groups in total. The Morgan fingerprint density at radius 1 is 1.15 bits per heavy atom. The van der Waals surface area contributed by atoms with Crippen molar-refractivity contribution in [2.75, 3.05) is 6.61 Å². The number of nitro benzene ring substituents is 1. The molecule has 7 nitrogen and oxygen atoms in total. The van der Waals surface area contributed by atoms with E-state index in [1.807, 2.05) is 0 Å². The monoisotopic (exact) mass is 435 g/mol. The fourth-order valence-electron chi connectivity index (χ4n) is 1.78. The lowest BCUT2D eigenvalue weighted by atomic mass is 10.2. The maximum absolute atomic E-state index is 11.8. The summed E-state index contributed by atoms with van der Waals surface area (Å²) < 4.78 is 5.13. The molecule has 0 unspecified atom stereocenters. The first-order chi connectivity index (χ1) is 12.3. The first kappa shape index (κ1) is 20.3. The Balaban J connectivity index is 1.99. The first-order valence-electron chi connectivity index (χ1n) is 6.81. The van der Waals surface area contributed by atoms with E-state index >= 15 is 0 Å². The van der Waals surface area contributed by atoms with Crippen LogP contribution in [0.2, 0.25) is 20.1 Å². The molecule has 0 spiro atoms. The van der Waals surface area contributed by atoms with Crippen LogP contribution in [0, 0.1) is 10.1 Å². The van der Waals surface area contributed by atoms with Crippen molar-refractivity contribution in [2.24, 2.45) is 5.10 Å². The van der Waals surface area contributed by atoms with Crippen LogP contribution in [0.3, 0.4) is 0 Å². The Labute approximate surface area is 167 Å². The van der Waals surface area contributed by atoms with Gasteiger partial charge in [0.15, 0.2) is 6.61 Å². The van der Waals surface area contributed by atoms with Crippen molar-refractivity contribution in [1.29, 1.82) is 0 Å². The molecule has 1 amide bonds. The van der Waals surface area contributed by atoms with Gasteiger partial charge in [0, 0.05) is 21.7 Å². The molecule has 0 saturated heterocycles. The van der Waals surface area contributed by atoms with Crippen molar-refractivity contribution in [2.45, 2.75) is 0 Å². The summed E-state index contributed by atoms with van der Waals surface area (Å²) in [6.45, 7) is -0.548. The number of carbonyl (C=O) groups excluding carboxylic acids is 1. The van der Waals surface area contributed by atoms with E-state index in [1.165, 1.54) is 18.3 Å². The highest BCUT2D eigenvalue weighted by atomic mass is 35.5. The van der Waals surface area contributed by atoms with Crippen LogP contribution in [0.15, 0.2) is 35.4 Å². The third kappa shape index (κ3) is 5.47. The normalized spacial score (nSPS) is 10.8. The maximum atomic E-state index is 11.8.